The molecule has 0 unspecified atom stereocenters. The van der Waals surface area contributed by atoms with Crippen molar-refractivity contribution in [2.75, 3.05) is 13.3 Å². The molecule has 1 aliphatic carbocycles. The molecule has 1 fully saturated rings. The predicted octanol–water partition coefficient (Wildman–Crippen LogP) is 2.56. The van der Waals surface area contributed by atoms with Crippen LogP contribution in [0.5, 0.6) is 11.5 Å². The van der Waals surface area contributed by atoms with Crippen molar-refractivity contribution >= 4 is 15.9 Å². The van der Waals surface area contributed by atoms with Crippen LogP contribution < -0.4 is 15.2 Å². The summed E-state index contributed by atoms with van der Waals surface area (Å²) in [5.41, 5.74) is 7.26. The van der Waals surface area contributed by atoms with Crippen LogP contribution >= 0.6 is 15.9 Å². The maximum absolute atomic E-state index is 5.93. The summed E-state index contributed by atoms with van der Waals surface area (Å²) in [5.74, 6) is 1.73. The summed E-state index contributed by atoms with van der Waals surface area (Å²) in [6, 6.07) is 4.08. The van der Waals surface area contributed by atoms with Crippen LogP contribution in [0.3, 0.4) is 0 Å². The molecular formula is C12H14BrNO2. The maximum atomic E-state index is 5.93. The third-order valence-corrected chi connectivity index (χ3v) is 4.17. The Kier molecular flexibility index (Phi) is 2.37. The zero-order valence-electron chi connectivity index (χ0n) is 8.96. The van der Waals surface area contributed by atoms with Gasteiger partial charge in [0.05, 0.1) is 0 Å². The van der Waals surface area contributed by atoms with Gasteiger partial charge in [-0.2, -0.15) is 0 Å². The van der Waals surface area contributed by atoms with E-state index in [0.29, 0.717) is 13.3 Å². The molecule has 0 atom stereocenters. The van der Waals surface area contributed by atoms with Crippen LogP contribution in [0.1, 0.15) is 24.8 Å². The highest BCUT2D eigenvalue weighted by atomic mass is 79.9. The summed E-state index contributed by atoms with van der Waals surface area (Å²) in [4.78, 5) is 0. The summed E-state index contributed by atoms with van der Waals surface area (Å²) in [7, 11) is 0. The van der Waals surface area contributed by atoms with E-state index in [-0.39, 0.29) is 5.41 Å². The smallest absolute Gasteiger partial charge is 0.231 e. The van der Waals surface area contributed by atoms with Gasteiger partial charge in [0.1, 0.15) is 0 Å². The van der Waals surface area contributed by atoms with Gasteiger partial charge < -0.3 is 15.2 Å². The molecule has 86 valence electrons. The van der Waals surface area contributed by atoms with E-state index in [9.17, 15) is 0 Å². The molecule has 1 heterocycles. The van der Waals surface area contributed by atoms with E-state index in [4.69, 9.17) is 15.2 Å². The van der Waals surface area contributed by atoms with Crippen molar-refractivity contribution in [1.29, 1.82) is 0 Å². The van der Waals surface area contributed by atoms with Gasteiger partial charge in [-0.25, -0.2) is 0 Å². The summed E-state index contributed by atoms with van der Waals surface area (Å²) < 4.78 is 12.0. The highest BCUT2D eigenvalue weighted by Crippen LogP contribution is 2.51. The van der Waals surface area contributed by atoms with E-state index < -0.39 is 0 Å². The first-order chi connectivity index (χ1) is 7.75. The number of halogens is 1. The van der Waals surface area contributed by atoms with Crippen LogP contribution in [0, 0.1) is 0 Å². The fraction of sp³-hybridized carbons (Fsp3) is 0.500. The van der Waals surface area contributed by atoms with Crippen LogP contribution in [-0.4, -0.2) is 13.3 Å². The fourth-order valence-electron chi connectivity index (χ4n) is 2.56. The topological polar surface area (TPSA) is 44.5 Å². The van der Waals surface area contributed by atoms with Crippen molar-refractivity contribution in [1.82, 2.24) is 0 Å². The Morgan fingerprint density at radius 3 is 2.75 bits per heavy atom. The van der Waals surface area contributed by atoms with Crippen LogP contribution in [0.2, 0.25) is 0 Å². The van der Waals surface area contributed by atoms with Crippen LogP contribution in [0.15, 0.2) is 16.6 Å². The molecule has 2 aliphatic rings. The quantitative estimate of drug-likeness (QED) is 0.907. The van der Waals surface area contributed by atoms with Crippen molar-refractivity contribution < 1.29 is 9.47 Å². The molecule has 1 aliphatic heterocycles. The lowest BCUT2D eigenvalue weighted by Crippen LogP contribution is -2.41. The zero-order valence-corrected chi connectivity index (χ0v) is 10.5. The summed E-state index contributed by atoms with van der Waals surface area (Å²) >= 11 is 3.51. The van der Waals surface area contributed by atoms with Crippen molar-refractivity contribution in [2.45, 2.75) is 24.7 Å². The van der Waals surface area contributed by atoms with Gasteiger partial charge >= 0.3 is 0 Å². The number of fused-ring (bicyclic) bond motifs is 1. The second-order valence-corrected chi connectivity index (χ2v) is 5.44. The molecule has 3 rings (SSSR count). The Morgan fingerprint density at radius 1 is 1.31 bits per heavy atom. The lowest BCUT2D eigenvalue weighted by Gasteiger charge is -2.41. The molecule has 4 heteroatoms. The summed E-state index contributed by atoms with van der Waals surface area (Å²) in [5, 5.41) is 0. The Bertz CT molecular complexity index is 424. The van der Waals surface area contributed by atoms with Crippen molar-refractivity contribution in [2.24, 2.45) is 5.73 Å². The van der Waals surface area contributed by atoms with E-state index >= 15 is 0 Å². The van der Waals surface area contributed by atoms with E-state index in [1.807, 2.05) is 6.07 Å². The highest BCUT2D eigenvalue weighted by Gasteiger charge is 2.41. The van der Waals surface area contributed by atoms with Crippen LogP contribution in [0.4, 0.5) is 0 Å². The summed E-state index contributed by atoms with van der Waals surface area (Å²) in [6.07, 6.45) is 3.55. The normalized spacial score (nSPS) is 20.6. The molecule has 1 aromatic rings. The van der Waals surface area contributed by atoms with Gasteiger partial charge in [0.15, 0.2) is 11.5 Å². The molecule has 0 aromatic heterocycles. The number of hydrogen-bond donors (Lipinski definition) is 1. The summed E-state index contributed by atoms with van der Waals surface area (Å²) in [6.45, 7) is 0.999. The number of hydrogen-bond acceptors (Lipinski definition) is 3. The average molecular weight is 284 g/mol. The minimum atomic E-state index is 0.113. The number of benzene rings is 1. The lowest BCUT2D eigenvalue weighted by atomic mass is 9.64. The largest absolute Gasteiger partial charge is 0.454 e. The zero-order chi connectivity index (χ0) is 11.2. The van der Waals surface area contributed by atoms with Gasteiger partial charge in [0.25, 0.3) is 0 Å². The number of ether oxygens (including phenoxy) is 2. The van der Waals surface area contributed by atoms with Gasteiger partial charge in [0, 0.05) is 22.0 Å². The van der Waals surface area contributed by atoms with Crippen LogP contribution in [0.25, 0.3) is 0 Å². The first-order valence-electron chi connectivity index (χ1n) is 5.55. The van der Waals surface area contributed by atoms with Gasteiger partial charge in [0.2, 0.25) is 6.79 Å². The minimum Gasteiger partial charge on any atom is -0.454 e. The molecule has 0 amide bonds. The number of rotatable bonds is 2. The predicted molar refractivity (Wildman–Crippen MR) is 64.8 cm³/mol. The Hall–Kier alpha value is -0.740. The van der Waals surface area contributed by atoms with E-state index in [1.54, 1.807) is 0 Å². The lowest BCUT2D eigenvalue weighted by molar-refractivity contribution is 0.168. The second-order valence-electron chi connectivity index (χ2n) is 4.53. The molecule has 0 bridgehead atoms. The molecule has 1 saturated carbocycles. The minimum absolute atomic E-state index is 0.113. The van der Waals surface area contributed by atoms with E-state index in [1.165, 1.54) is 12.0 Å². The molecule has 0 spiro atoms. The third kappa shape index (κ3) is 1.36. The highest BCUT2D eigenvalue weighted by molar-refractivity contribution is 9.10. The molecule has 0 radical (unpaired) electrons. The molecule has 1 aromatic carbocycles. The molecule has 2 N–H and O–H groups in total. The van der Waals surface area contributed by atoms with E-state index in [2.05, 4.69) is 22.0 Å². The molecule has 3 nitrogen and oxygen atoms in total. The monoisotopic (exact) mass is 283 g/mol. The Morgan fingerprint density at radius 2 is 2.12 bits per heavy atom. The van der Waals surface area contributed by atoms with E-state index in [0.717, 1.165) is 28.8 Å². The SMILES string of the molecule is NCC1(c2cc(Br)cc3c2OCO3)CCC1. The van der Waals surface area contributed by atoms with Crippen molar-refractivity contribution in [3.8, 4) is 11.5 Å². The van der Waals surface area contributed by atoms with Gasteiger partial charge in [-0.3, -0.25) is 0 Å². The molecular weight excluding hydrogens is 270 g/mol. The first kappa shape index (κ1) is 10.4. The number of nitrogens with two attached hydrogens (primary N) is 1. The van der Waals surface area contributed by atoms with Gasteiger partial charge in [-0.15, -0.1) is 0 Å². The maximum Gasteiger partial charge on any atom is 0.231 e. The Labute approximate surface area is 103 Å². The van der Waals surface area contributed by atoms with Crippen molar-refractivity contribution in [3.05, 3.63) is 22.2 Å². The standard InChI is InChI=1S/C12H14BrNO2/c13-8-4-9(12(6-14)2-1-3-12)11-10(5-8)15-7-16-11/h4-5H,1-3,6-7,14H2. The first-order valence-corrected chi connectivity index (χ1v) is 6.34. The van der Waals surface area contributed by atoms with Gasteiger partial charge in [-0.1, -0.05) is 22.4 Å². The third-order valence-electron chi connectivity index (χ3n) is 3.71. The van der Waals surface area contributed by atoms with Crippen molar-refractivity contribution in [3.63, 3.8) is 0 Å². The molecule has 16 heavy (non-hydrogen) atoms. The average Bonchev–Trinajstić information content (AvgIpc) is 2.64. The van der Waals surface area contributed by atoms with Crippen LogP contribution in [-0.2, 0) is 5.41 Å². The second kappa shape index (κ2) is 3.64. The molecule has 0 saturated heterocycles. The Balaban J connectivity index is 2.13. The van der Waals surface area contributed by atoms with Gasteiger partial charge in [-0.05, 0) is 25.0 Å². The fourth-order valence-corrected chi connectivity index (χ4v) is 2.99.